The molecule has 0 aliphatic carbocycles. The highest BCUT2D eigenvalue weighted by molar-refractivity contribution is 7.87. The van der Waals surface area contributed by atoms with E-state index in [9.17, 15) is 13.5 Å². The number of aromatic nitrogens is 2. The first-order chi connectivity index (χ1) is 8.30. The molecule has 0 saturated heterocycles. The molecule has 1 unspecified atom stereocenters. The predicted molar refractivity (Wildman–Crippen MR) is 66.4 cm³/mol. The summed E-state index contributed by atoms with van der Waals surface area (Å²) in [4.78, 5) is 0. The van der Waals surface area contributed by atoms with E-state index in [4.69, 9.17) is 5.11 Å². The molecule has 0 saturated carbocycles. The van der Waals surface area contributed by atoms with Crippen molar-refractivity contribution in [2.45, 2.75) is 25.9 Å². The Kier molecular flexibility index (Phi) is 4.85. The second-order valence-electron chi connectivity index (χ2n) is 4.28. The molecular formula is C10H19N3O4S. The van der Waals surface area contributed by atoms with Crippen molar-refractivity contribution in [3.63, 3.8) is 0 Å². The molecule has 0 amide bonds. The fourth-order valence-electron chi connectivity index (χ4n) is 1.56. The lowest BCUT2D eigenvalue weighted by atomic mass is 10.1. The predicted octanol–water partition coefficient (Wildman–Crippen LogP) is -1.00. The Balaban J connectivity index is 3.28. The second kappa shape index (κ2) is 5.79. The van der Waals surface area contributed by atoms with Crippen LogP contribution in [-0.4, -0.2) is 58.9 Å². The lowest BCUT2D eigenvalue weighted by Gasteiger charge is -2.15. The number of rotatable bonds is 6. The molecule has 0 aliphatic heterocycles. The largest absolute Gasteiger partial charge is 0.396 e. The van der Waals surface area contributed by atoms with E-state index in [0.29, 0.717) is 17.7 Å². The smallest absolute Gasteiger partial charge is 0.322 e. The van der Waals surface area contributed by atoms with Crippen LogP contribution < -0.4 is 0 Å². The number of nitrogens with zero attached hydrogens (tertiary/aromatic N) is 3. The van der Waals surface area contributed by atoms with Crippen LogP contribution in [-0.2, 0) is 23.1 Å². The minimum absolute atomic E-state index is 0.0967. The van der Waals surface area contributed by atoms with E-state index in [1.165, 1.54) is 20.3 Å². The molecule has 0 radical (unpaired) electrons. The molecule has 1 rings (SSSR count). The Labute approximate surface area is 107 Å². The van der Waals surface area contributed by atoms with Crippen molar-refractivity contribution in [2.24, 2.45) is 0 Å². The van der Waals surface area contributed by atoms with Crippen molar-refractivity contribution < 1.29 is 18.6 Å². The van der Waals surface area contributed by atoms with Crippen molar-refractivity contribution in [1.29, 1.82) is 0 Å². The normalized spacial score (nSPS) is 14.1. The monoisotopic (exact) mass is 277 g/mol. The van der Waals surface area contributed by atoms with Gasteiger partial charge in [-0.15, -0.1) is 4.09 Å². The van der Waals surface area contributed by atoms with Crippen LogP contribution in [0.15, 0.2) is 6.20 Å². The summed E-state index contributed by atoms with van der Waals surface area (Å²) in [7, 11) is -0.881. The van der Waals surface area contributed by atoms with E-state index in [2.05, 4.69) is 5.10 Å². The van der Waals surface area contributed by atoms with Gasteiger partial charge in [-0.25, -0.2) is 0 Å². The molecule has 18 heavy (non-hydrogen) atoms. The number of hydrogen-bond donors (Lipinski definition) is 2. The summed E-state index contributed by atoms with van der Waals surface area (Å²) in [6, 6.07) is 0. The first-order valence-electron chi connectivity index (χ1n) is 5.58. The van der Waals surface area contributed by atoms with E-state index in [0.717, 1.165) is 8.39 Å². The average molecular weight is 277 g/mol. The summed E-state index contributed by atoms with van der Waals surface area (Å²) < 4.78 is 26.0. The third-order valence-corrected chi connectivity index (χ3v) is 4.14. The minimum atomic E-state index is -3.70. The Morgan fingerprint density at radius 1 is 1.50 bits per heavy atom. The van der Waals surface area contributed by atoms with Crippen LogP contribution in [0, 0.1) is 0 Å². The summed E-state index contributed by atoms with van der Waals surface area (Å²) in [5.74, 6) is 0. The molecule has 2 N–H and O–H groups in total. The van der Waals surface area contributed by atoms with Gasteiger partial charge in [0.1, 0.15) is 0 Å². The molecular weight excluding hydrogens is 258 g/mol. The molecule has 104 valence electrons. The van der Waals surface area contributed by atoms with Crippen molar-refractivity contribution in [3.8, 4) is 0 Å². The Hall–Kier alpha value is -0.960. The molecule has 1 atom stereocenters. The highest BCUT2D eigenvalue weighted by Gasteiger charge is 2.24. The highest BCUT2D eigenvalue weighted by atomic mass is 32.2. The number of aliphatic hydroxyl groups is 2. The maximum absolute atomic E-state index is 12.0. The van der Waals surface area contributed by atoms with Gasteiger partial charge in [0, 0.05) is 27.1 Å². The first kappa shape index (κ1) is 15.1. The zero-order valence-corrected chi connectivity index (χ0v) is 11.6. The number of hydrogen-bond acceptors (Lipinski definition) is 5. The molecule has 0 spiro atoms. The summed E-state index contributed by atoms with van der Waals surface area (Å²) >= 11 is 0. The van der Waals surface area contributed by atoms with E-state index >= 15 is 0 Å². The van der Waals surface area contributed by atoms with Gasteiger partial charge in [0.15, 0.2) is 0 Å². The SMILES string of the molecule is CC(O)Cc1c(CCO)cnn1S(=O)(=O)N(C)C. The van der Waals surface area contributed by atoms with Gasteiger partial charge in [0.2, 0.25) is 0 Å². The molecule has 0 aliphatic rings. The van der Waals surface area contributed by atoms with Gasteiger partial charge < -0.3 is 10.2 Å². The summed E-state index contributed by atoms with van der Waals surface area (Å²) in [5, 5.41) is 22.2. The first-order valence-corrected chi connectivity index (χ1v) is 6.98. The molecule has 0 fully saturated rings. The molecule has 1 aromatic rings. The Morgan fingerprint density at radius 2 is 2.11 bits per heavy atom. The fraction of sp³-hybridized carbons (Fsp3) is 0.700. The van der Waals surface area contributed by atoms with Gasteiger partial charge in [-0.1, -0.05) is 0 Å². The average Bonchev–Trinajstić information content (AvgIpc) is 2.61. The third-order valence-electron chi connectivity index (χ3n) is 2.47. The van der Waals surface area contributed by atoms with E-state index in [1.807, 2.05) is 0 Å². The van der Waals surface area contributed by atoms with Gasteiger partial charge >= 0.3 is 10.2 Å². The van der Waals surface area contributed by atoms with Crippen LogP contribution in [0.25, 0.3) is 0 Å². The molecule has 0 aromatic carbocycles. The van der Waals surface area contributed by atoms with Gasteiger partial charge in [-0.2, -0.15) is 17.8 Å². The van der Waals surface area contributed by atoms with E-state index in [1.54, 1.807) is 6.92 Å². The van der Waals surface area contributed by atoms with Gasteiger partial charge in [0.05, 0.1) is 18.0 Å². The highest BCUT2D eigenvalue weighted by Crippen LogP contribution is 2.15. The molecule has 8 heteroatoms. The fourth-order valence-corrected chi connectivity index (χ4v) is 2.51. The topological polar surface area (TPSA) is 95.7 Å². The molecule has 1 aromatic heterocycles. The summed E-state index contributed by atoms with van der Waals surface area (Å²) in [6.45, 7) is 1.48. The molecule has 7 nitrogen and oxygen atoms in total. The van der Waals surface area contributed by atoms with Crippen LogP contribution in [0.4, 0.5) is 0 Å². The second-order valence-corrected chi connectivity index (χ2v) is 6.25. The van der Waals surface area contributed by atoms with E-state index < -0.39 is 16.3 Å². The van der Waals surface area contributed by atoms with Crippen LogP contribution in [0.1, 0.15) is 18.2 Å². The van der Waals surface area contributed by atoms with Gasteiger partial charge in [-0.3, -0.25) is 0 Å². The molecule has 0 bridgehead atoms. The maximum atomic E-state index is 12.0. The van der Waals surface area contributed by atoms with Crippen molar-refractivity contribution in [1.82, 2.24) is 13.5 Å². The lowest BCUT2D eigenvalue weighted by molar-refractivity contribution is 0.193. The summed E-state index contributed by atoms with van der Waals surface area (Å²) in [6.07, 6.45) is 1.21. The van der Waals surface area contributed by atoms with Gasteiger partial charge in [-0.05, 0) is 18.9 Å². The van der Waals surface area contributed by atoms with Crippen molar-refractivity contribution >= 4 is 10.2 Å². The minimum Gasteiger partial charge on any atom is -0.396 e. The third kappa shape index (κ3) is 3.08. The lowest BCUT2D eigenvalue weighted by Crippen LogP contribution is -2.31. The summed E-state index contributed by atoms with van der Waals surface area (Å²) in [5.41, 5.74) is 1.04. The van der Waals surface area contributed by atoms with Crippen molar-refractivity contribution in [3.05, 3.63) is 17.5 Å². The van der Waals surface area contributed by atoms with Crippen LogP contribution >= 0.6 is 0 Å². The number of aliphatic hydroxyl groups excluding tert-OH is 2. The molecule has 1 heterocycles. The van der Waals surface area contributed by atoms with Crippen LogP contribution in [0.5, 0.6) is 0 Å². The standard InChI is InChI=1S/C10H19N3O4S/c1-8(15)6-10-9(4-5-14)7-11-13(10)18(16,17)12(2)3/h7-8,14-15H,4-6H2,1-3H3. The zero-order valence-electron chi connectivity index (χ0n) is 10.7. The Morgan fingerprint density at radius 3 is 2.56 bits per heavy atom. The zero-order chi connectivity index (χ0) is 13.9. The van der Waals surface area contributed by atoms with Gasteiger partial charge in [0.25, 0.3) is 0 Å². The van der Waals surface area contributed by atoms with Crippen LogP contribution in [0.2, 0.25) is 0 Å². The van der Waals surface area contributed by atoms with Crippen molar-refractivity contribution in [2.75, 3.05) is 20.7 Å². The Bertz CT molecular complexity index is 493. The quantitative estimate of drug-likeness (QED) is 0.695. The van der Waals surface area contributed by atoms with Crippen LogP contribution in [0.3, 0.4) is 0 Å². The van der Waals surface area contributed by atoms with E-state index in [-0.39, 0.29) is 13.0 Å². The maximum Gasteiger partial charge on any atom is 0.322 e.